The summed E-state index contributed by atoms with van der Waals surface area (Å²) in [5.41, 5.74) is 15.2. The van der Waals surface area contributed by atoms with Crippen LogP contribution in [0.5, 0.6) is 0 Å². The van der Waals surface area contributed by atoms with Crippen molar-refractivity contribution in [1.82, 2.24) is 19.7 Å². The molecule has 0 aliphatic heterocycles. The van der Waals surface area contributed by atoms with Crippen molar-refractivity contribution in [2.75, 3.05) is 0 Å². The molecule has 3 heterocycles. The number of allylic oxidation sites excluding steroid dienone is 4. The number of hydrogen-bond donors (Lipinski definition) is 1. The van der Waals surface area contributed by atoms with Crippen LogP contribution >= 0.6 is 0 Å². The molecule has 0 saturated carbocycles. The van der Waals surface area contributed by atoms with Crippen molar-refractivity contribution in [3.05, 3.63) is 167 Å². The van der Waals surface area contributed by atoms with Crippen molar-refractivity contribution in [3.63, 3.8) is 0 Å². The number of nitrogens with zero attached hydrogens (tertiary/aromatic N) is 3. The van der Waals surface area contributed by atoms with Crippen LogP contribution < -0.4 is 0 Å². The molecule has 1 unspecified atom stereocenters. The molecule has 0 fully saturated rings. The molecule has 4 heteroatoms. The van der Waals surface area contributed by atoms with Crippen LogP contribution in [-0.2, 0) is 10.8 Å². The van der Waals surface area contributed by atoms with Gasteiger partial charge in [0.25, 0.3) is 0 Å². The number of benzene rings is 4. The van der Waals surface area contributed by atoms with Gasteiger partial charge in [-0.1, -0.05) is 120 Å². The fourth-order valence-electron chi connectivity index (χ4n) is 8.78. The smallest absolute Gasteiger partial charge is 0.0924 e. The van der Waals surface area contributed by atoms with Gasteiger partial charge < -0.3 is 4.57 Å². The Bertz CT molecular complexity index is 2580. The number of aromatic nitrogens is 4. The molecule has 0 spiro atoms. The zero-order valence-electron chi connectivity index (χ0n) is 31.3. The van der Waals surface area contributed by atoms with E-state index in [4.69, 9.17) is 4.98 Å². The van der Waals surface area contributed by atoms with Gasteiger partial charge in [0.05, 0.1) is 27.8 Å². The Labute approximate surface area is 307 Å². The van der Waals surface area contributed by atoms with E-state index in [1.807, 2.05) is 19.2 Å². The second-order valence-electron chi connectivity index (χ2n) is 17.0. The molecule has 2 aliphatic carbocycles. The largest absolute Gasteiger partial charge is 0.309 e. The molecule has 52 heavy (non-hydrogen) atoms. The van der Waals surface area contributed by atoms with E-state index < -0.39 is 5.41 Å². The number of hydrogen-bond acceptors (Lipinski definition) is 2. The van der Waals surface area contributed by atoms with E-state index in [9.17, 15) is 0 Å². The molecule has 0 radical (unpaired) electrons. The Kier molecular flexibility index (Phi) is 7.18. The first-order chi connectivity index (χ1) is 24.9. The van der Waals surface area contributed by atoms with E-state index in [1.165, 1.54) is 49.7 Å². The van der Waals surface area contributed by atoms with Crippen molar-refractivity contribution < 1.29 is 0 Å². The van der Waals surface area contributed by atoms with Crippen molar-refractivity contribution >= 4 is 27.4 Å². The van der Waals surface area contributed by atoms with Gasteiger partial charge in [-0.05, 0) is 106 Å². The molecule has 4 aromatic carbocycles. The number of nitrogens with one attached hydrogen (secondary N) is 1. The van der Waals surface area contributed by atoms with Crippen LogP contribution in [0.15, 0.2) is 133 Å². The van der Waals surface area contributed by atoms with Gasteiger partial charge in [-0.25, -0.2) is 0 Å². The highest BCUT2D eigenvalue weighted by Crippen LogP contribution is 2.60. The van der Waals surface area contributed by atoms with Crippen LogP contribution in [0.1, 0.15) is 81.6 Å². The third-order valence-corrected chi connectivity index (χ3v) is 11.6. The monoisotopic (exact) mass is 678 g/mol. The second kappa shape index (κ2) is 11.5. The topological polar surface area (TPSA) is 46.5 Å². The summed E-state index contributed by atoms with van der Waals surface area (Å²) in [5.74, 6) is 0.438. The lowest BCUT2D eigenvalue weighted by Crippen LogP contribution is -2.31. The first-order valence-electron chi connectivity index (χ1n) is 18.6. The molecule has 9 rings (SSSR count). The van der Waals surface area contributed by atoms with Gasteiger partial charge in [0.15, 0.2) is 0 Å². The molecule has 1 N–H and O–H groups in total. The third-order valence-electron chi connectivity index (χ3n) is 11.6. The standard InChI is InChI=1S/C48H46N4/c1-30-25-42(51-50-30)31-18-21-37-36-15-8-9-16-43(36)52(44(37)26-31)35-14-12-13-34(27-35)48(45-17-10-11-24-49-45)40-22-19-32(46(2,3)4)28-38(40)39-29-33(47(5,6)7)20-23-41(39)48/h8-19,21-29,33H,20H2,1-7H3,(H,50,51)/t33?,48-/m0/s1. The molecule has 4 nitrogen and oxygen atoms in total. The Balaban J connectivity index is 1.33. The number of aromatic amines is 1. The van der Waals surface area contributed by atoms with Crippen LogP contribution in [0.3, 0.4) is 0 Å². The van der Waals surface area contributed by atoms with Crippen LogP contribution in [-0.4, -0.2) is 19.7 Å². The first-order valence-corrected chi connectivity index (χ1v) is 18.6. The van der Waals surface area contributed by atoms with Crippen molar-refractivity contribution in [1.29, 1.82) is 0 Å². The molecular formula is C48H46N4. The Hall–Kier alpha value is -5.48. The highest BCUT2D eigenvalue weighted by Gasteiger charge is 2.51. The lowest BCUT2D eigenvalue weighted by Gasteiger charge is -2.36. The second-order valence-corrected chi connectivity index (χ2v) is 17.0. The number of H-pyrrole nitrogens is 1. The summed E-state index contributed by atoms with van der Waals surface area (Å²) >= 11 is 0. The normalized spacial score (nSPS) is 18.7. The van der Waals surface area contributed by atoms with Gasteiger partial charge in [-0.3, -0.25) is 10.1 Å². The maximum absolute atomic E-state index is 5.19. The van der Waals surface area contributed by atoms with Crippen LogP contribution in [0.2, 0.25) is 0 Å². The minimum absolute atomic E-state index is 0.0255. The quantitative estimate of drug-likeness (QED) is 0.201. The fourth-order valence-corrected chi connectivity index (χ4v) is 8.78. The maximum Gasteiger partial charge on any atom is 0.0924 e. The number of rotatable bonds is 4. The van der Waals surface area contributed by atoms with Gasteiger partial charge >= 0.3 is 0 Å². The van der Waals surface area contributed by atoms with E-state index in [0.717, 1.165) is 40.3 Å². The fraction of sp³-hybridized carbons (Fsp3) is 0.250. The Morgan fingerprint density at radius 1 is 0.769 bits per heavy atom. The lowest BCUT2D eigenvalue weighted by molar-refractivity contribution is 0.293. The zero-order valence-corrected chi connectivity index (χ0v) is 31.3. The zero-order chi connectivity index (χ0) is 36.0. The van der Waals surface area contributed by atoms with Crippen LogP contribution in [0.4, 0.5) is 0 Å². The predicted molar refractivity (Wildman–Crippen MR) is 216 cm³/mol. The van der Waals surface area contributed by atoms with Gasteiger partial charge in [0.2, 0.25) is 0 Å². The summed E-state index contributed by atoms with van der Waals surface area (Å²) in [5, 5.41) is 10.2. The van der Waals surface area contributed by atoms with Gasteiger partial charge in [0.1, 0.15) is 0 Å². The molecule has 3 aromatic heterocycles. The van der Waals surface area contributed by atoms with Crippen molar-refractivity contribution in [2.45, 2.75) is 65.7 Å². The summed E-state index contributed by atoms with van der Waals surface area (Å²) in [7, 11) is 0. The van der Waals surface area contributed by atoms with Crippen LogP contribution in [0, 0.1) is 18.3 Å². The Morgan fingerprint density at radius 2 is 1.58 bits per heavy atom. The third kappa shape index (κ3) is 4.87. The van der Waals surface area contributed by atoms with E-state index in [1.54, 1.807) is 0 Å². The minimum Gasteiger partial charge on any atom is -0.309 e. The molecule has 0 saturated heterocycles. The highest BCUT2D eigenvalue weighted by atomic mass is 15.1. The molecule has 258 valence electrons. The minimum atomic E-state index is -0.575. The van der Waals surface area contributed by atoms with E-state index in [-0.39, 0.29) is 10.8 Å². The molecule has 0 amide bonds. The van der Waals surface area contributed by atoms with Gasteiger partial charge in [0, 0.05) is 33.9 Å². The summed E-state index contributed by atoms with van der Waals surface area (Å²) in [4.78, 5) is 5.19. The lowest BCUT2D eigenvalue weighted by atomic mass is 9.66. The Morgan fingerprint density at radius 3 is 2.33 bits per heavy atom. The van der Waals surface area contributed by atoms with Gasteiger partial charge in [-0.15, -0.1) is 0 Å². The number of para-hydroxylation sites is 1. The molecule has 2 aliphatic rings. The summed E-state index contributed by atoms with van der Waals surface area (Å²) in [6.45, 7) is 16.1. The van der Waals surface area contributed by atoms with Crippen molar-refractivity contribution in [3.8, 4) is 16.9 Å². The SMILES string of the molecule is Cc1cc(-c2ccc3c4ccccc4n(-c4cccc([C@@]5(c6ccccn6)C6=CCC(C(C)(C)C)C=C6c6cc(C(C)(C)C)ccc65)c4)c3c2)n[nH]1. The van der Waals surface area contributed by atoms with E-state index in [0.29, 0.717) is 5.92 Å². The summed E-state index contributed by atoms with van der Waals surface area (Å²) < 4.78 is 2.43. The molecular weight excluding hydrogens is 633 g/mol. The number of pyridine rings is 1. The number of fused-ring (bicyclic) bond motifs is 6. The average molecular weight is 679 g/mol. The van der Waals surface area contributed by atoms with E-state index >= 15 is 0 Å². The van der Waals surface area contributed by atoms with Crippen molar-refractivity contribution in [2.24, 2.45) is 11.3 Å². The summed E-state index contributed by atoms with van der Waals surface area (Å²) in [6, 6.07) is 40.5. The van der Waals surface area contributed by atoms with Crippen LogP contribution in [0.25, 0.3) is 44.3 Å². The average Bonchev–Trinajstić information content (AvgIpc) is 3.81. The highest BCUT2D eigenvalue weighted by molar-refractivity contribution is 6.10. The molecule has 2 atom stereocenters. The number of aryl methyl sites for hydroxylation is 1. The first kappa shape index (κ1) is 32.4. The maximum atomic E-state index is 5.19. The predicted octanol–water partition coefficient (Wildman–Crippen LogP) is 11.9. The van der Waals surface area contributed by atoms with E-state index in [2.05, 4.69) is 172 Å². The summed E-state index contributed by atoms with van der Waals surface area (Å²) in [6.07, 6.45) is 8.08. The van der Waals surface area contributed by atoms with Gasteiger partial charge in [-0.2, -0.15) is 5.10 Å². The molecule has 0 bridgehead atoms. The molecule has 7 aromatic rings.